The van der Waals surface area contributed by atoms with Gasteiger partial charge in [0.25, 0.3) is 5.91 Å². The van der Waals surface area contributed by atoms with E-state index in [1.165, 1.54) is 6.42 Å². The van der Waals surface area contributed by atoms with Gasteiger partial charge in [-0.15, -0.1) is 11.6 Å². The smallest absolute Gasteiger partial charge is 0.290 e. The molecule has 2 unspecified atom stereocenters. The molecule has 2 heterocycles. The van der Waals surface area contributed by atoms with Crippen molar-refractivity contribution in [1.82, 2.24) is 4.90 Å². The number of piperidine rings is 1. The van der Waals surface area contributed by atoms with Crippen molar-refractivity contribution in [2.24, 2.45) is 0 Å². The first-order valence-electron chi connectivity index (χ1n) is 6.11. The summed E-state index contributed by atoms with van der Waals surface area (Å²) in [6, 6.07) is 4.06. The molecule has 4 heteroatoms. The third-order valence-electron chi connectivity index (χ3n) is 3.43. The van der Waals surface area contributed by atoms with Gasteiger partial charge in [-0.2, -0.15) is 0 Å². The number of furan rings is 1. The Morgan fingerprint density at radius 2 is 2.06 bits per heavy atom. The fourth-order valence-corrected chi connectivity index (χ4v) is 2.66. The van der Waals surface area contributed by atoms with E-state index in [4.69, 9.17) is 16.0 Å². The Labute approximate surface area is 107 Å². The number of halogens is 1. The average Bonchev–Trinajstić information content (AvgIpc) is 2.77. The third-order valence-corrected chi connectivity index (χ3v) is 3.70. The minimum Gasteiger partial charge on any atom is -0.455 e. The Bertz CT molecular complexity index is 392. The highest BCUT2D eigenvalue weighted by Crippen LogP contribution is 2.25. The second kappa shape index (κ2) is 5.13. The van der Waals surface area contributed by atoms with Crippen LogP contribution in [0.1, 0.15) is 49.4 Å². The number of amides is 1. The predicted octanol–water partition coefficient (Wildman–Crippen LogP) is 3.42. The third kappa shape index (κ3) is 2.49. The lowest BCUT2D eigenvalue weighted by Gasteiger charge is -2.38. The number of hydrogen-bond donors (Lipinski definition) is 0. The van der Waals surface area contributed by atoms with E-state index in [1.807, 2.05) is 4.90 Å². The molecular formula is C13H18ClNO2. The first-order valence-corrected chi connectivity index (χ1v) is 6.64. The van der Waals surface area contributed by atoms with Crippen LogP contribution in [0.4, 0.5) is 0 Å². The van der Waals surface area contributed by atoms with E-state index in [0.717, 1.165) is 12.8 Å². The zero-order valence-corrected chi connectivity index (χ0v) is 11.0. The summed E-state index contributed by atoms with van der Waals surface area (Å²) in [7, 11) is 0. The van der Waals surface area contributed by atoms with Crippen molar-refractivity contribution in [1.29, 1.82) is 0 Å². The van der Waals surface area contributed by atoms with Crippen molar-refractivity contribution in [3.8, 4) is 0 Å². The second-order valence-electron chi connectivity index (χ2n) is 4.74. The second-order valence-corrected chi connectivity index (χ2v) is 5.01. The average molecular weight is 256 g/mol. The molecular weight excluding hydrogens is 238 g/mol. The number of hydrogen-bond acceptors (Lipinski definition) is 2. The van der Waals surface area contributed by atoms with Crippen molar-refractivity contribution >= 4 is 17.5 Å². The molecule has 0 radical (unpaired) electrons. The minimum absolute atomic E-state index is 0.0129. The minimum atomic E-state index is -0.0129. The van der Waals surface area contributed by atoms with Crippen LogP contribution in [0.2, 0.25) is 0 Å². The van der Waals surface area contributed by atoms with Gasteiger partial charge in [0.2, 0.25) is 0 Å². The number of carbonyl (C=O) groups excluding carboxylic acids is 1. The highest BCUT2D eigenvalue weighted by Gasteiger charge is 2.31. The molecule has 0 spiro atoms. The molecule has 0 aliphatic carbocycles. The summed E-state index contributed by atoms with van der Waals surface area (Å²) in [6.07, 6.45) is 3.33. The van der Waals surface area contributed by atoms with Crippen LogP contribution in [0.3, 0.4) is 0 Å². The Morgan fingerprint density at radius 1 is 1.41 bits per heavy atom. The van der Waals surface area contributed by atoms with Gasteiger partial charge in [0.05, 0.1) is 5.88 Å². The van der Waals surface area contributed by atoms with Gasteiger partial charge < -0.3 is 9.32 Å². The molecule has 3 nitrogen and oxygen atoms in total. The Hall–Kier alpha value is -0.960. The van der Waals surface area contributed by atoms with Gasteiger partial charge in [-0.1, -0.05) is 0 Å². The van der Waals surface area contributed by atoms with Crippen LogP contribution < -0.4 is 0 Å². The van der Waals surface area contributed by atoms with Crippen LogP contribution in [0, 0.1) is 0 Å². The molecule has 1 aliphatic rings. The number of carbonyl (C=O) groups is 1. The molecule has 0 saturated carbocycles. The van der Waals surface area contributed by atoms with Gasteiger partial charge >= 0.3 is 0 Å². The molecule has 0 N–H and O–H groups in total. The van der Waals surface area contributed by atoms with E-state index < -0.39 is 0 Å². The van der Waals surface area contributed by atoms with Gasteiger partial charge in [0, 0.05) is 12.1 Å². The van der Waals surface area contributed by atoms with Crippen molar-refractivity contribution < 1.29 is 9.21 Å². The Kier molecular flexibility index (Phi) is 3.77. The van der Waals surface area contributed by atoms with Crippen LogP contribution in [-0.4, -0.2) is 22.9 Å². The molecule has 0 aromatic carbocycles. The van der Waals surface area contributed by atoms with E-state index in [1.54, 1.807) is 12.1 Å². The molecule has 2 rings (SSSR count). The van der Waals surface area contributed by atoms with Crippen LogP contribution in [0.5, 0.6) is 0 Å². The molecule has 1 aromatic rings. The molecule has 1 fully saturated rings. The summed E-state index contributed by atoms with van der Waals surface area (Å²) in [5, 5.41) is 0. The van der Waals surface area contributed by atoms with E-state index in [9.17, 15) is 4.79 Å². The van der Waals surface area contributed by atoms with Crippen molar-refractivity contribution in [3.05, 3.63) is 23.7 Å². The molecule has 2 atom stereocenters. The Morgan fingerprint density at radius 3 is 2.59 bits per heavy atom. The lowest BCUT2D eigenvalue weighted by Crippen LogP contribution is -2.47. The SMILES string of the molecule is CC1CCCC(C)N1C(=O)c1ccc(CCl)o1. The van der Waals surface area contributed by atoms with Crippen LogP contribution in [0.25, 0.3) is 0 Å². The van der Waals surface area contributed by atoms with E-state index >= 15 is 0 Å². The predicted molar refractivity (Wildman–Crippen MR) is 67.2 cm³/mol. The lowest BCUT2D eigenvalue weighted by molar-refractivity contribution is 0.0477. The topological polar surface area (TPSA) is 33.5 Å². The summed E-state index contributed by atoms with van der Waals surface area (Å²) in [5.41, 5.74) is 0. The molecule has 1 aliphatic heterocycles. The summed E-state index contributed by atoms with van der Waals surface area (Å²) < 4.78 is 5.42. The van der Waals surface area contributed by atoms with Crippen LogP contribution in [-0.2, 0) is 5.88 Å². The number of nitrogens with zero attached hydrogens (tertiary/aromatic N) is 1. The van der Waals surface area contributed by atoms with Crippen molar-refractivity contribution in [2.45, 2.75) is 51.1 Å². The van der Waals surface area contributed by atoms with Crippen LogP contribution >= 0.6 is 11.6 Å². The molecule has 1 aromatic heterocycles. The molecule has 1 amide bonds. The monoisotopic (exact) mass is 255 g/mol. The van der Waals surface area contributed by atoms with Gasteiger partial charge in [-0.3, -0.25) is 4.79 Å². The highest BCUT2D eigenvalue weighted by molar-refractivity contribution is 6.16. The fourth-order valence-electron chi connectivity index (χ4n) is 2.51. The zero-order valence-electron chi connectivity index (χ0n) is 10.3. The van der Waals surface area contributed by atoms with Gasteiger partial charge in [0.1, 0.15) is 5.76 Å². The Balaban J connectivity index is 2.17. The summed E-state index contributed by atoms with van der Waals surface area (Å²) >= 11 is 5.67. The first kappa shape index (κ1) is 12.5. The first-order chi connectivity index (χ1) is 8.13. The van der Waals surface area contributed by atoms with Gasteiger partial charge in [-0.25, -0.2) is 0 Å². The summed E-state index contributed by atoms with van der Waals surface area (Å²) in [5.74, 6) is 1.34. The standard InChI is InChI=1S/C13H18ClNO2/c1-9-4-3-5-10(2)15(9)13(16)12-7-6-11(8-14)17-12/h6-7,9-10H,3-5,8H2,1-2H3. The van der Waals surface area contributed by atoms with E-state index in [2.05, 4.69) is 13.8 Å². The van der Waals surface area contributed by atoms with Crippen molar-refractivity contribution in [3.63, 3.8) is 0 Å². The van der Waals surface area contributed by atoms with E-state index in [0.29, 0.717) is 17.4 Å². The van der Waals surface area contributed by atoms with Crippen molar-refractivity contribution in [2.75, 3.05) is 0 Å². The number of likely N-dealkylation sites (tertiary alicyclic amines) is 1. The summed E-state index contributed by atoms with van der Waals surface area (Å²) in [4.78, 5) is 14.3. The molecule has 0 bridgehead atoms. The quantitative estimate of drug-likeness (QED) is 0.759. The maximum atomic E-state index is 12.3. The van der Waals surface area contributed by atoms with Gasteiger partial charge in [0.15, 0.2) is 5.76 Å². The normalized spacial score (nSPS) is 25.0. The van der Waals surface area contributed by atoms with Crippen LogP contribution in [0.15, 0.2) is 16.5 Å². The number of alkyl halides is 1. The zero-order chi connectivity index (χ0) is 12.4. The maximum Gasteiger partial charge on any atom is 0.290 e. The van der Waals surface area contributed by atoms with E-state index in [-0.39, 0.29) is 18.0 Å². The number of rotatable bonds is 2. The molecule has 1 saturated heterocycles. The van der Waals surface area contributed by atoms with Gasteiger partial charge in [-0.05, 0) is 45.2 Å². The highest BCUT2D eigenvalue weighted by atomic mass is 35.5. The maximum absolute atomic E-state index is 12.3. The lowest BCUT2D eigenvalue weighted by atomic mass is 9.97. The molecule has 17 heavy (non-hydrogen) atoms. The fraction of sp³-hybridized carbons (Fsp3) is 0.615. The largest absolute Gasteiger partial charge is 0.455 e. The summed E-state index contributed by atoms with van der Waals surface area (Å²) in [6.45, 7) is 4.19. The molecule has 94 valence electrons.